The van der Waals surface area contributed by atoms with Crippen LogP contribution in [-0.2, 0) is 13.5 Å². The summed E-state index contributed by atoms with van der Waals surface area (Å²) in [7, 11) is 1.74. The van der Waals surface area contributed by atoms with Crippen molar-refractivity contribution < 1.29 is 0 Å². The van der Waals surface area contributed by atoms with Gasteiger partial charge in [0.15, 0.2) is 11.5 Å². The number of aromatic nitrogens is 6. The summed E-state index contributed by atoms with van der Waals surface area (Å²) in [5.41, 5.74) is 2.36. The molecule has 0 atom stereocenters. The Morgan fingerprint density at radius 1 is 1.32 bits per heavy atom. The molecule has 1 aliphatic carbocycles. The molecule has 3 aromatic heterocycles. The number of halogens is 1. The number of rotatable bonds is 3. The van der Waals surface area contributed by atoms with E-state index in [9.17, 15) is 4.79 Å². The van der Waals surface area contributed by atoms with E-state index in [2.05, 4.69) is 15.3 Å². The maximum absolute atomic E-state index is 12.8. The first kappa shape index (κ1) is 14.7. The second-order valence-electron chi connectivity index (χ2n) is 6.57. The topological polar surface area (TPSA) is 70.0 Å². The van der Waals surface area contributed by atoms with Gasteiger partial charge in [0.2, 0.25) is 0 Å². The first-order chi connectivity index (χ1) is 12.1. The standard InChI is InChI=1S/C17H15ClN6O/c1-22-16-15(24-12(8-20-21-24)6-10-2-3-10)19-9-23(16)14-5-4-11(18)7-13(14)17(22)25/h4-5,7-10H,2-3,6H2,1H3. The van der Waals surface area contributed by atoms with Gasteiger partial charge in [-0.15, -0.1) is 5.10 Å². The van der Waals surface area contributed by atoms with Gasteiger partial charge >= 0.3 is 0 Å². The summed E-state index contributed by atoms with van der Waals surface area (Å²) < 4.78 is 5.23. The van der Waals surface area contributed by atoms with Gasteiger partial charge in [0.25, 0.3) is 5.56 Å². The average Bonchev–Trinajstić information content (AvgIpc) is 3.12. The molecular weight excluding hydrogens is 340 g/mol. The number of aryl methyl sites for hydroxylation is 1. The molecule has 0 spiro atoms. The SMILES string of the molecule is Cn1c(=O)c2cc(Cl)ccc2n2cnc(-n3nncc3CC3CC3)c12. The summed E-state index contributed by atoms with van der Waals surface area (Å²) in [5.74, 6) is 1.32. The van der Waals surface area contributed by atoms with Crippen LogP contribution in [0.5, 0.6) is 0 Å². The Morgan fingerprint density at radius 2 is 2.16 bits per heavy atom. The van der Waals surface area contributed by atoms with Crippen LogP contribution in [0.1, 0.15) is 18.5 Å². The quantitative estimate of drug-likeness (QED) is 0.566. The summed E-state index contributed by atoms with van der Waals surface area (Å²) in [5, 5.41) is 9.35. The van der Waals surface area contributed by atoms with Gasteiger partial charge in [0, 0.05) is 12.1 Å². The lowest BCUT2D eigenvalue weighted by atomic mass is 10.2. The predicted molar refractivity (Wildman–Crippen MR) is 94.3 cm³/mol. The van der Waals surface area contributed by atoms with E-state index in [0.29, 0.717) is 27.8 Å². The molecule has 0 bridgehead atoms. The Hall–Kier alpha value is -2.67. The molecule has 0 unspecified atom stereocenters. The van der Waals surface area contributed by atoms with Crippen molar-refractivity contribution in [3.8, 4) is 5.82 Å². The second-order valence-corrected chi connectivity index (χ2v) is 7.01. The van der Waals surface area contributed by atoms with Crippen LogP contribution in [0.2, 0.25) is 5.02 Å². The minimum absolute atomic E-state index is 0.115. The molecule has 25 heavy (non-hydrogen) atoms. The highest BCUT2D eigenvalue weighted by atomic mass is 35.5. The summed E-state index contributed by atoms with van der Waals surface area (Å²) in [4.78, 5) is 17.3. The smallest absolute Gasteiger partial charge is 0.261 e. The molecule has 0 radical (unpaired) electrons. The minimum Gasteiger partial charge on any atom is -0.294 e. The highest BCUT2D eigenvalue weighted by Gasteiger charge is 2.25. The molecule has 0 amide bonds. The molecule has 1 aromatic carbocycles. The maximum atomic E-state index is 12.8. The maximum Gasteiger partial charge on any atom is 0.261 e. The molecule has 0 aliphatic heterocycles. The van der Waals surface area contributed by atoms with E-state index in [-0.39, 0.29) is 5.56 Å². The van der Waals surface area contributed by atoms with Crippen LogP contribution in [0.15, 0.2) is 35.5 Å². The zero-order chi connectivity index (χ0) is 17.1. The Morgan fingerprint density at radius 3 is 2.96 bits per heavy atom. The highest BCUT2D eigenvalue weighted by Crippen LogP contribution is 2.33. The van der Waals surface area contributed by atoms with Gasteiger partial charge in [-0.3, -0.25) is 13.8 Å². The largest absolute Gasteiger partial charge is 0.294 e. The van der Waals surface area contributed by atoms with E-state index in [4.69, 9.17) is 11.6 Å². The summed E-state index contributed by atoms with van der Waals surface area (Å²) in [6.45, 7) is 0. The first-order valence-electron chi connectivity index (χ1n) is 8.19. The molecule has 8 heteroatoms. The lowest BCUT2D eigenvalue weighted by Crippen LogP contribution is -2.20. The summed E-state index contributed by atoms with van der Waals surface area (Å²) in [6, 6.07) is 5.30. The van der Waals surface area contributed by atoms with Crippen molar-refractivity contribution in [1.29, 1.82) is 0 Å². The summed E-state index contributed by atoms with van der Waals surface area (Å²) in [6.07, 6.45) is 6.92. The number of fused-ring (bicyclic) bond motifs is 3. The van der Waals surface area contributed by atoms with E-state index in [1.807, 2.05) is 10.5 Å². The van der Waals surface area contributed by atoms with Crippen molar-refractivity contribution in [3.63, 3.8) is 0 Å². The number of nitrogens with zero attached hydrogens (tertiary/aromatic N) is 6. The number of hydrogen-bond donors (Lipinski definition) is 0. The van der Waals surface area contributed by atoms with Gasteiger partial charge in [-0.2, -0.15) is 4.68 Å². The Labute approximate surface area is 147 Å². The molecule has 7 nitrogen and oxygen atoms in total. The highest BCUT2D eigenvalue weighted by molar-refractivity contribution is 6.31. The van der Waals surface area contributed by atoms with Gasteiger partial charge in [0.1, 0.15) is 6.33 Å². The first-order valence-corrected chi connectivity index (χ1v) is 8.56. The molecular formula is C17H15ClN6O. The fraction of sp³-hybridized carbons (Fsp3) is 0.294. The third-order valence-corrected chi connectivity index (χ3v) is 5.04. The van der Waals surface area contributed by atoms with Crippen molar-refractivity contribution >= 4 is 28.2 Å². The second kappa shape index (κ2) is 5.16. The molecule has 4 aromatic rings. The van der Waals surface area contributed by atoms with E-state index in [1.54, 1.807) is 41.0 Å². The zero-order valence-electron chi connectivity index (χ0n) is 13.6. The van der Waals surface area contributed by atoms with E-state index in [1.165, 1.54) is 12.8 Å². The van der Waals surface area contributed by atoms with E-state index < -0.39 is 0 Å². The fourth-order valence-corrected chi connectivity index (χ4v) is 3.50. The van der Waals surface area contributed by atoms with Crippen LogP contribution in [0.4, 0.5) is 0 Å². The monoisotopic (exact) mass is 354 g/mol. The predicted octanol–water partition coefficient (Wildman–Crippen LogP) is 2.37. The molecule has 126 valence electrons. The molecule has 3 heterocycles. The Kier molecular flexibility index (Phi) is 3.03. The van der Waals surface area contributed by atoms with Crippen LogP contribution in [0, 0.1) is 5.92 Å². The van der Waals surface area contributed by atoms with Gasteiger partial charge in [0.05, 0.1) is 22.8 Å². The Bertz CT molecular complexity index is 1180. The molecule has 0 saturated heterocycles. The molecule has 5 rings (SSSR count). The van der Waals surface area contributed by atoms with E-state index in [0.717, 1.165) is 17.6 Å². The molecule has 0 N–H and O–H groups in total. The van der Waals surface area contributed by atoms with Gasteiger partial charge in [-0.05, 0) is 43.4 Å². The average molecular weight is 355 g/mol. The van der Waals surface area contributed by atoms with Gasteiger partial charge < -0.3 is 0 Å². The molecule has 1 fully saturated rings. The number of hydrogen-bond acceptors (Lipinski definition) is 4. The van der Waals surface area contributed by atoms with E-state index >= 15 is 0 Å². The van der Waals surface area contributed by atoms with Crippen molar-refractivity contribution in [3.05, 3.63) is 51.8 Å². The third kappa shape index (κ3) is 2.19. The van der Waals surface area contributed by atoms with Crippen molar-refractivity contribution in [2.24, 2.45) is 13.0 Å². The zero-order valence-corrected chi connectivity index (χ0v) is 14.3. The van der Waals surface area contributed by atoms with Crippen LogP contribution in [0.3, 0.4) is 0 Å². The molecule has 1 saturated carbocycles. The van der Waals surface area contributed by atoms with Crippen molar-refractivity contribution in [2.75, 3.05) is 0 Å². The van der Waals surface area contributed by atoms with Gasteiger partial charge in [-0.1, -0.05) is 16.8 Å². The number of imidazole rings is 1. The minimum atomic E-state index is -0.115. The third-order valence-electron chi connectivity index (χ3n) is 4.81. The fourth-order valence-electron chi connectivity index (χ4n) is 3.33. The summed E-state index contributed by atoms with van der Waals surface area (Å²) >= 11 is 6.06. The normalized spacial score (nSPS) is 14.6. The van der Waals surface area contributed by atoms with Crippen LogP contribution >= 0.6 is 11.6 Å². The lowest BCUT2D eigenvalue weighted by Gasteiger charge is -2.09. The van der Waals surface area contributed by atoms with Crippen LogP contribution in [0.25, 0.3) is 22.4 Å². The number of benzene rings is 1. The Balaban J connectivity index is 1.81. The van der Waals surface area contributed by atoms with Crippen LogP contribution in [-0.4, -0.2) is 28.9 Å². The molecule has 1 aliphatic rings. The van der Waals surface area contributed by atoms with Gasteiger partial charge in [-0.25, -0.2) is 4.98 Å². The van der Waals surface area contributed by atoms with Crippen LogP contribution < -0.4 is 5.56 Å². The van der Waals surface area contributed by atoms with Crippen molar-refractivity contribution in [2.45, 2.75) is 19.3 Å². The lowest BCUT2D eigenvalue weighted by molar-refractivity contribution is 0.708. The van der Waals surface area contributed by atoms with Crippen molar-refractivity contribution in [1.82, 2.24) is 28.9 Å².